The molecule has 0 bridgehead atoms. The van der Waals surface area contributed by atoms with Crippen LogP contribution in [0, 0.1) is 36.3 Å². The van der Waals surface area contributed by atoms with Gasteiger partial charge in [0.1, 0.15) is 23.3 Å². The summed E-state index contributed by atoms with van der Waals surface area (Å²) in [6.45, 7) is 3.52. The molecular formula is C47H36F2N6O4. The second kappa shape index (κ2) is 15.5. The molecule has 1 unspecified atom stereocenters. The zero-order chi connectivity index (χ0) is 41.5. The molecule has 0 radical (unpaired) electrons. The Morgan fingerprint density at radius 3 is 1.41 bits per heavy atom. The van der Waals surface area contributed by atoms with Crippen LogP contribution in [0.25, 0.3) is 11.4 Å². The number of halogens is 2. The van der Waals surface area contributed by atoms with E-state index in [0.717, 1.165) is 0 Å². The van der Waals surface area contributed by atoms with Gasteiger partial charge in [-0.25, -0.2) is 28.3 Å². The molecule has 0 aliphatic carbocycles. The monoisotopic (exact) mass is 786 g/mol. The number of hydrogen-bond donors (Lipinski definition) is 2. The maximum absolute atomic E-state index is 15.3. The van der Waals surface area contributed by atoms with Crippen LogP contribution < -0.4 is 0 Å². The van der Waals surface area contributed by atoms with Crippen LogP contribution in [0.1, 0.15) is 123 Å². The standard InChI is InChI=1S/C47H36F2N6O4/c1-5-28-20-22-36-32(24-28)40(30-14-10-12-16-34(30)48)50-26(3)44-42(46(56)57)52-38(54(36)44)18-8-7-9-19-39-53-43(47(58)59)45-27(4)51-41(31-15-11-13-17-35(31)49)33-25-29(6-2)21-23-37(33)55(39)45/h1-2,10-17,20-27H,7-9,18-19H2,3-4H3,(H,56,57)(H,58,59)/t26-,27?/m0/s1. The summed E-state index contributed by atoms with van der Waals surface area (Å²) in [4.78, 5) is 44.3. The average molecular weight is 787 g/mol. The number of benzene rings is 4. The van der Waals surface area contributed by atoms with Crippen molar-refractivity contribution in [3.8, 4) is 36.1 Å². The number of unbranched alkanes of at least 4 members (excludes halogenated alkanes) is 2. The molecule has 0 amide bonds. The second-order valence-electron chi connectivity index (χ2n) is 14.4. The van der Waals surface area contributed by atoms with Gasteiger partial charge in [-0.1, -0.05) is 42.5 Å². The van der Waals surface area contributed by atoms with Crippen molar-refractivity contribution in [3.05, 3.63) is 164 Å². The van der Waals surface area contributed by atoms with Crippen LogP contribution in [0.15, 0.2) is 94.9 Å². The number of nitrogens with zero attached hydrogens (tertiary/aromatic N) is 6. The Hall–Kier alpha value is -7.44. The van der Waals surface area contributed by atoms with Crippen molar-refractivity contribution in [2.45, 2.75) is 58.0 Å². The summed E-state index contributed by atoms with van der Waals surface area (Å²) in [6, 6.07) is 21.7. The molecule has 292 valence electrons. The molecule has 0 saturated carbocycles. The van der Waals surface area contributed by atoms with Gasteiger partial charge >= 0.3 is 11.9 Å². The Balaban J connectivity index is 1.12. The molecule has 4 aromatic carbocycles. The van der Waals surface area contributed by atoms with Gasteiger partial charge in [-0.05, 0) is 87.4 Å². The zero-order valence-electron chi connectivity index (χ0n) is 32.1. The first kappa shape index (κ1) is 38.4. The lowest BCUT2D eigenvalue weighted by atomic mass is 9.98. The normalized spacial score (nSPS) is 15.2. The number of rotatable bonds is 10. The highest BCUT2D eigenvalue weighted by Crippen LogP contribution is 2.37. The van der Waals surface area contributed by atoms with E-state index in [4.69, 9.17) is 22.8 Å². The van der Waals surface area contributed by atoms with Crippen molar-refractivity contribution in [3.63, 3.8) is 0 Å². The molecule has 4 heterocycles. The molecule has 2 N–H and O–H groups in total. The van der Waals surface area contributed by atoms with E-state index in [1.165, 1.54) is 12.1 Å². The van der Waals surface area contributed by atoms with Crippen molar-refractivity contribution in [2.24, 2.45) is 9.98 Å². The minimum atomic E-state index is -1.21. The Morgan fingerprint density at radius 2 is 1.03 bits per heavy atom. The smallest absolute Gasteiger partial charge is 0.356 e. The minimum Gasteiger partial charge on any atom is -0.476 e. The largest absolute Gasteiger partial charge is 0.476 e. The third kappa shape index (κ3) is 6.78. The number of aromatic carboxylic acids is 2. The second-order valence-corrected chi connectivity index (χ2v) is 14.4. The molecule has 2 aromatic heterocycles. The third-order valence-electron chi connectivity index (χ3n) is 10.7. The molecule has 0 saturated heterocycles. The summed E-state index contributed by atoms with van der Waals surface area (Å²) in [6.07, 6.45) is 14.1. The van der Waals surface area contributed by atoms with E-state index < -0.39 is 35.7 Å². The van der Waals surface area contributed by atoms with Gasteiger partial charge in [-0.2, -0.15) is 0 Å². The molecule has 8 rings (SSSR count). The van der Waals surface area contributed by atoms with Gasteiger partial charge in [0.2, 0.25) is 0 Å². The van der Waals surface area contributed by atoms with Gasteiger partial charge in [-0.15, -0.1) is 12.8 Å². The summed E-state index contributed by atoms with van der Waals surface area (Å²) in [7, 11) is 0. The number of carbonyl (C=O) groups is 2. The minimum absolute atomic E-state index is 0.142. The first-order chi connectivity index (χ1) is 28.5. The van der Waals surface area contributed by atoms with Crippen LogP contribution in [-0.2, 0) is 12.8 Å². The average Bonchev–Trinajstić information content (AvgIpc) is 3.74. The quantitative estimate of drug-likeness (QED) is 0.106. The van der Waals surface area contributed by atoms with Crippen molar-refractivity contribution >= 4 is 23.4 Å². The number of aryl methyl sites for hydroxylation is 2. The zero-order valence-corrected chi connectivity index (χ0v) is 32.1. The van der Waals surface area contributed by atoms with E-state index in [2.05, 4.69) is 21.8 Å². The van der Waals surface area contributed by atoms with Gasteiger partial charge in [0, 0.05) is 46.2 Å². The Bertz CT molecular complexity index is 2680. The van der Waals surface area contributed by atoms with Crippen LogP contribution in [0.2, 0.25) is 0 Å². The lowest BCUT2D eigenvalue weighted by Crippen LogP contribution is -2.12. The van der Waals surface area contributed by atoms with Gasteiger partial charge in [0.25, 0.3) is 0 Å². The number of carboxylic acids is 2. The Labute approximate surface area is 338 Å². The molecule has 2 aliphatic heterocycles. The van der Waals surface area contributed by atoms with Crippen LogP contribution in [-0.4, -0.2) is 52.7 Å². The fourth-order valence-corrected chi connectivity index (χ4v) is 8.07. The summed E-state index contributed by atoms with van der Waals surface area (Å²) in [5, 5.41) is 20.7. The van der Waals surface area contributed by atoms with E-state index in [9.17, 15) is 19.8 Å². The highest BCUT2D eigenvalue weighted by atomic mass is 19.1. The fourth-order valence-electron chi connectivity index (χ4n) is 8.07. The Morgan fingerprint density at radius 1 is 0.627 bits per heavy atom. The predicted octanol–water partition coefficient (Wildman–Crippen LogP) is 8.47. The number of aliphatic imine (C=N–C) groups is 2. The lowest BCUT2D eigenvalue weighted by molar-refractivity contribution is 0.0678. The van der Waals surface area contributed by atoms with Gasteiger partial charge in [-0.3, -0.25) is 19.1 Å². The molecule has 6 aromatic rings. The van der Waals surface area contributed by atoms with Crippen LogP contribution in [0.4, 0.5) is 8.78 Å². The number of hydrogen-bond acceptors (Lipinski definition) is 6. The molecule has 0 spiro atoms. The first-order valence-electron chi connectivity index (χ1n) is 19.1. The van der Waals surface area contributed by atoms with E-state index >= 15 is 8.78 Å². The molecular weight excluding hydrogens is 751 g/mol. The molecule has 12 heteroatoms. The molecule has 10 nitrogen and oxygen atoms in total. The topological polar surface area (TPSA) is 135 Å². The fraction of sp³-hybridized carbons (Fsp3) is 0.191. The highest BCUT2D eigenvalue weighted by molar-refractivity contribution is 6.16. The lowest BCUT2D eigenvalue weighted by Gasteiger charge is -2.16. The molecule has 2 aliphatic rings. The van der Waals surface area contributed by atoms with Crippen molar-refractivity contribution in [1.29, 1.82) is 0 Å². The predicted molar refractivity (Wildman–Crippen MR) is 219 cm³/mol. The SMILES string of the molecule is C#Cc1ccc2c(c1)C(c1ccccc1F)=NC(C)c1c(C(=O)O)nc(CCCCCc3nc(C(=O)O)c4n3-c3ccc(C#C)cc3C(c3ccccc3F)=N[C@H]4C)n1-2. The Kier molecular flexibility index (Phi) is 10.1. The third-order valence-corrected chi connectivity index (χ3v) is 10.7. The van der Waals surface area contributed by atoms with Crippen LogP contribution >= 0.6 is 0 Å². The van der Waals surface area contributed by atoms with E-state index in [1.807, 2.05) is 9.13 Å². The van der Waals surface area contributed by atoms with Gasteiger partial charge in [0.05, 0.1) is 46.3 Å². The number of carboxylic acid groups (broad SMARTS) is 2. The van der Waals surface area contributed by atoms with Gasteiger partial charge < -0.3 is 10.2 Å². The van der Waals surface area contributed by atoms with Crippen molar-refractivity contribution in [1.82, 2.24) is 19.1 Å². The molecule has 2 atom stereocenters. The summed E-state index contributed by atoms with van der Waals surface area (Å²) >= 11 is 0. The maximum atomic E-state index is 15.3. The van der Waals surface area contributed by atoms with E-state index in [1.54, 1.807) is 86.6 Å². The number of aromatic nitrogens is 4. The first-order valence-corrected chi connectivity index (χ1v) is 19.1. The number of fused-ring (bicyclic) bond motifs is 6. The molecule has 59 heavy (non-hydrogen) atoms. The van der Waals surface area contributed by atoms with E-state index in [0.29, 0.717) is 100 Å². The van der Waals surface area contributed by atoms with Crippen LogP contribution in [0.5, 0.6) is 0 Å². The number of terminal acetylenes is 2. The maximum Gasteiger partial charge on any atom is 0.356 e. The van der Waals surface area contributed by atoms with Crippen molar-refractivity contribution in [2.75, 3.05) is 0 Å². The van der Waals surface area contributed by atoms with Crippen molar-refractivity contribution < 1.29 is 28.6 Å². The van der Waals surface area contributed by atoms with E-state index in [-0.39, 0.29) is 22.5 Å². The summed E-state index contributed by atoms with van der Waals surface area (Å²) < 4.78 is 34.2. The van der Waals surface area contributed by atoms with Crippen LogP contribution in [0.3, 0.4) is 0 Å². The van der Waals surface area contributed by atoms with Gasteiger partial charge in [0.15, 0.2) is 11.4 Å². The number of imidazole rings is 2. The molecule has 0 fully saturated rings. The summed E-state index contributed by atoms with van der Waals surface area (Å²) in [5.41, 5.74) is 5.05. The summed E-state index contributed by atoms with van der Waals surface area (Å²) in [5.74, 6) is 2.90. The highest BCUT2D eigenvalue weighted by Gasteiger charge is 2.34.